The minimum absolute atomic E-state index is 0.976. The third-order valence-corrected chi connectivity index (χ3v) is 4.30. The summed E-state index contributed by atoms with van der Waals surface area (Å²) in [7, 11) is 4.09. The van der Waals surface area contributed by atoms with Crippen LogP contribution in [0, 0.1) is 12.8 Å². The number of rotatable bonds is 6. The third kappa shape index (κ3) is 3.19. The second-order valence-electron chi connectivity index (χ2n) is 4.81. The molecule has 3 nitrogen and oxygen atoms in total. The summed E-state index contributed by atoms with van der Waals surface area (Å²) in [4.78, 5) is 7.99. The quantitative estimate of drug-likeness (QED) is 0.773. The van der Waals surface area contributed by atoms with E-state index < -0.39 is 0 Å². The fourth-order valence-corrected chi connectivity index (χ4v) is 2.64. The average Bonchev–Trinajstić information content (AvgIpc) is 2.98. The van der Waals surface area contributed by atoms with Gasteiger partial charge in [0.15, 0.2) is 5.13 Å². The Hall–Kier alpha value is -0.610. The number of aromatic nitrogens is 1. The van der Waals surface area contributed by atoms with Crippen LogP contribution in [0.2, 0.25) is 0 Å². The number of hydrogen-bond donors (Lipinski definition) is 1. The lowest BCUT2D eigenvalue weighted by molar-refractivity contribution is 0.615. The van der Waals surface area contributed by atoms with Gasteiger partial charge in [-0.2, -0.15) is 0 Å². The topological polar surface area (TPSA) is 28.2 Å². The number of nitrogens with zero attached hydrogens (tertiary/aromatic N) is 2. The van der Waals surface area contributed by atoms with E-state index in [0.29, 0.717) is 0 Å². The van der Waals surface area contributed by atoms with Crippen LogP contribution in [0.4, 0.5) is 5.13 Å². The third-order valence-electron chi connectivity index (χ3n) is 2.98. The predicted octanol–water partition coefficient (Wildman–Crippen LogP) is 2.41. The summed E-state index contributed by atoms with van der Waals surface area (Å²) in [6.07, 6.45) is 4.25. The van der Waals surface area contributed by atoms with Gasteiger partial charge in [-0.3, -0.25) is 0 Å². The molecule has 90 valence electrons. The van der Waals surface area contributed by atoms with E-state index in [1.807, 2.05) is 14.1 Å². The number of aryl methyl sites for hydroxylation is 1. The van der Waals surface area contributed by atoms with E-state index in [-0.39, 0.29) is 0 Å². The number of nitrogens with one attached hydrogen (secondary N) is 1. The van der Waals surface area contributed by atoms with E-state index in [2.05, 4.69) is 22.1 Å². The normalized spacial score (nSPS) is 15.4. The Kier molecular flexibility index (Phi) is 3.82. The molecular formula is C12H21N3S. The lowest BCUT2D eigenvalue weighted by Gasteiger charge is -2.05. The standard InChI is InChI=1S/C12H21N3S/c1-9-11(16-12(14-9)15(2)3)8-13-7-6-10-4-5-10/h10,13H,4-8H2,1-3H3. The summed E-state index contributed by atoms with van der Waals surface area (Å²) >= 11 is 1.79. The molecule has 1 aromatic rings. The molecule has 2 rings (SSSR count). The van der Waals surface area contributed by atoms with Gasteiger partial charge in [0.1, 0.15) is 0 Å². The highest BCUT2D eigenvalue weighted by Crippen LogP contribution is 2.31. The van der Waals surface area contributed by atoms with Crippen molar-refractivity contribution < 1.29 is 0 Å². The Labute approximate surface area is 102 Å². The lowest BCUT2D eigenvalue weighted by atomic mass is 10.3. The van der Waals surface area contributed by atoms with Crippen molar-refractivity contribution in [3.8, 4) is 0 Å². The Morgan fingerprint density at radius 1 is 1.44 bits per heavy atom. The van der Waals surface area contributed by atoms with Crippen molar-refractivity contribution in [2.45, 2.75) is 32.7 Å². The van der Waals surface area contributed by atoms with Gasteiger partial charge in [-0.05, 0) is 25.8 Å². The minimum Gasteiger partial charge on any atom is -0.354 e. The SMILES string of the molecule is Cc1nc(N(C)C)sc1CNCCC1CC1. The average molecular weight is 239 g/mol. The summed E-state index contributed by atoms with van der Waals surface area (Å²) in [5.74, 6) is 1.02. The van der Waals surface area contributed by atoms with E-state index in [1.165, 1.54) is 29.8 Å². The van der Waals surface area contributed by atoms with Crippen molar-refractivity contribution in [1.82, 2.24) is 10.3 Å². The molecular weight excluding hydrogens is 218 g/mol. The van der Waals surface area contributed by atoms with Crippen molar-refractivity contribution >= 4 is 16.5 Å². The minimum atomic E-state index is 0.976. The van der Waals surface area contributed by atoms with Crippen LogP contribution in [0.1, 0.15) is 29.8 Å². The van der Waals surface area contributed by atoms with Crippen LogP contribution in [0.15, 0.2) is 0 Å². The Bertz CT molecular complexity index is 342. The summed E-state index contributed by atoms with van der Waals surface area (Å²) in [5, 5.41) is 4.63. The monoisotopic (exact) mass is 239 g/mol. The van der Waals surface area contributed by atoms with E-state index in [1.54, 1.807) is 11.3 Å². The van der Waals surface area contributed by atoms with E-state index >= 15 is 0 Å². The highest BCUT2D eigenvalue weighted by molar-refractivity contribution is 7.15. The Morgan fingerprint density at radius 2 is 2.19 bits per heavy atom. The summed E-state index contributed by atoms with van der Waals surface area (Å²) in [6, 6.07) is 0. The van der Waals surface area contributed by atoms with Gasteiger partial charge in [-0.25, -0.2) is 4.98 Å². The first-order valence-corrected chi connectivity index (χ1v) is 6.83. The maximum absolute atomic E-state index is 4.54. The fraction of sp³-hybridized carbons (Fsp3) is 0.750. The van der Waals surface area contributed by atoms with Crippen molar-refractivity contribution in [2.75, 3.05) is 25.5 Å². The van der Waals surface area contributed by atoms with Crippen LogP contribution < -0.4 is 10.2 Å². The van der Waals surface area contributed by atoms with Crippen molar-refractivity contribution in [3.05, 3.63) is 10.6 Å². The van der Waals surface area contributed by atoms with Gasteiger partial charge in [0.05, 0.1) is 5.69 Å². The molecule has 0 saturated heterocycles. The van der Waals surface area contributed by atoms with E-state index in [9.17, 15) is 0 Å². The molecule has 1 saturated carbocycles. The molecule has 0 atom stereocenters. The highest BCUT2D eigenvalue weighted by Gasteiger charge is 2.20. The van der Waals surface area contributed by atoms with Gasteiger partial charge in [-0.1, -0.05) is 12.8 Å². The predicted molar refractivity (Wildman–Crippen MR) is 70.2 cm³/mol. The van der Waals surface area contributed by atoms with Crippen LogP contribution in [0.5, 0.6) is 0 Å². The fourth-order valence-electron chi connectivity index (χ4n) is 1.68. The highest BCUT2D eigenvalue weighted by atomic mass is 32.1. The number of hydrogen-bond acceptors (Lipinski definition) is 4. The zero-order valence-corrected chi connectivity index (χ0v) is 11.2. The summed E-state index contributed by atoms with van der Waals surface area (Å²) in [5.41, 5.74) is 1.17. The zero-order valence-electron chi connectivity index (χ0n) is 10.4. The molecule has 1 N–H and O–H groups in total. The van der Waals surface area contributed by atoms with Crippen LogP contribution in [0.3, 0.4) is 0 Å². The van der Waals surface area contributed by atoms with Crippen molar-refractivity contribution in [3.63, 3.8) is 0 Å². The first kappa shape index (κ1) is 11.9. The second kappa shape index (κ2) is 5.15. The van der Waals surface area contributed by atoms with Crippen LogP contribution in [-0.4, -0.2) is 25.6 Å². The van der Waals surface area contributed by atoms with Gasteiger partial charge >= 0.3 is 0 Å². The smallest absolute Gasteiger partial charge is 0.185 e. The molecule has 16 heavy (non-hydrogen) atoms. The van der Waals surface area contributed by atoms with E-state index in [0.717, 1.165) is 24.1 Å². The summed E-state index contributed by atoms with van der Waals surface area (Å²) in [6.45, 7) is 4.23. The summed E-state index contributed by atoms with van der Waals surface area (Å²) < 4.78 is 0. The van der Waals surface area contributed by atoms with Gasteiger partial charge < -0.3 is 10.2 Å². The molecule has 0 radical (unpaired) electrons. The maximum Gasteiger partial charge on any atom is 0.185 e. The van der Waals surface area contributed by atoms with Gasteiger partial charge in [0, 0.05) is 25.5 Å². The lowest BCUT2D eigenvalue weighted by Crippen LogP contribution is -2.14. The Balaban J connectivity index is 1.78. The van der Waals surface area contributed by atoms with Crippen molar-refractivity contribution in [2.24, 2.45) is 5.92 Å². The van der Waals surface area contributed by atoms with Gasteiger partial charge in [0.25, 0.3) is 0 Å². The molecule has 1 aliphatic rings. The molecule has 0 amide bonds. The molecule has 1 aliphatic carbocycles. The largest absolute Gasteiger partial charge is 0.354 e. The van der Waals surface area contributed by atoms with E-state index in [4.69, 9.17) is 0 Å². The first-order valence-electron chi connectivity index (χ1n) is 6.01. The molecule has 0 unspecified atom stereocenters. The van der Waals surface area contributed by atoms with Crippen molar-refractivity contribution in [1.29, 1.82) is 0 Å². The van der Waals surface area contributed by atoms with Crippen LogP contribution in [0.25, 0.3) is 0 Å². The Morgan fingerprint density at radius 3 is 2.75 bits per heavy atom. The number of thiazole rings is 1. The second-order valence-corrected chi connectivity index (χ2v) is 5.87. The van der Waals surface area contributed by atoms with Crippen LogP contribution in [-0.2, 0) is 6.54 Å². The first-order chi connectivity index (χ1) is 7.66. The molecule has 0 aromatic carbocycles. The molecule has 1 heterocycles. The van der Waals surface area contributed by atoms with Gasteiger partial charge in [-0.15, -0.1) is 11.3 Å². The maximum atomic E-state index is 4.54. The molecule has 0 bridgehead atoms. The molecule has 0 aliphatic heterocycles. The van der Waals surface area contributed by atoms with Crippen LogP contribution >= 0.6 is 11.3 Å². The van der Waals surface area contributed by atoms with Gasteiger partial charge in [0.2, 0.25) is 0 Å². The molecule has 1 aromatic heterocycles. The molecule has 0 spiro atoms. The molecule has 1 fully saturated rings. The number of anilines is 1. The molecule has 4 heteroatoms. The zero-order chi connectivity index (χ0) is 11.5.